The lowest BCUT2D eigenvalue weighted by Crippen LogP contribution is -2.33. The third-order valence-electron chi connectivity index (χ3n) is 5.10. The number of benzene rings is 2. The van der Waals surface area contributed by atoms with Crippen molar-refractivity contribution in [2.45, 2.75) is 19.5 Å². The number of fused-ring (bicyclic) bond motifs is 1. The lowest BCUT2D eigenvalue weighted by molar-refractivity contribution is -0.129. The fourth-order valence-corrected chi connectivity index (χ4v) is 3.57. The number of para-hydroxylation sites is 2. The molecule has 2 heterocycles. The van der Waals surface area contributed by atoms with Gasteiger partial charge in [-0.05, 0) is 17.7 Å². The van der Waals surface area contributed by atoms with Gasteiger partial charge in [0.2, 0.25) is 11.8 Å². The molecule has 0 aliphatic carbocycles. The molecule has 6 heteroatoms. The molecule has 138 valence electrons. The van der Waals surface area contributed by atoms with Crippen LogP contribution in [0.4, 0.5) is 0 Å². The van der Waals surface area contributed by atoms with Crippen molar-refractivity contribution in [1.82, 2.24) is 19.8 Å². The number of nitrogens with one attached hydrogen (secondary N) is 1. The van der Waals surface area contributed by atoms with Crippen LogP contribution in [0.15, 0.2) is 54.6 Å². The van der Waals surface area contributed by atoms with E-state index in [1.54, 1.807) is 4.90 Å². The highest BCUT2D eigenvalue weighted by molar-refractivity contribution is 5.89. The Bertz CT molecular complexity index is 980. The Balaban J connectivity index is 1.37. The highest BCUT2D eigenvalue weighted by Crippen LogP contribution is 2.21. The molecule has 0 spiro atoms. The molecule has 6 nitrogen and oxygen atoms in total. The third-order valence-corrected chi connectivity index (χ3v) is 5.10. The summed E-state index contributed by atoms with van der Waals surface area (Å²) in [5.41, 5.74) is 3.02. The maximum Gasteiger partial charge on any atom is 0.225 e. The Morgan fingerprint density at radius 1 is 1.15 bits per heavy atom. The predicted octanol–water partition coefficient (Wildman–Crippen LogP) is 2.24. The zero-order chi connectivity index (χ0) is 18.8. The van der Waals surface area contributed by atoms with Crippen molar-refractivity contribution >= 4 is 22.8 Å². The smallest absolute Gasteiger partial charge is 0.225 e. The molecule has 1 aliphatic rings. The van der Waals surface area contributed by atoms with E-state index in [0.717, 1.165) is 22.4 Å². The van der Waals surface area contributed by atoms with Crippen molar-refractivity contribution in [2.75, 3.05) is 6.54 Å². The number of rotatable bonds is 5. The first-order chi connectivity index (χ1) is 13.1. The number of amides is 2. The van der Waals surface area contributed by atoms with E-state index >= 15 is 0 Å². The molecular weight excluding hydrogens is 340 g/mol. The summed E-state index contributed by atoms with van der Waals surface area (Å²) in [6.45, 7) is 1.36. The first-order valence-corrected chi connectivity index (χ1v) is 9.11. The maximum absolute atomic E-state index is 12.6. The van der Waals surface area contributed by atoms with Crippen LogP contribution >= 0.6 is 0 Å². The van der Waals surface area contributed by atoms with Crippen LogP contribution in [0, 0.1) is 5.92 Å². The average molecular weight is 362 g/mol. The summed E-state index contributed by atoms with van der Waals surface area (Å²) in [6.07, 6.45) is 0.265. The average Bonchev–Trinajstić information content (AvgIpc) is 3.21. The van der Waals surface area contributed by atoms with Gasteiger partial charge in [0.1, 0.15) is 5.82 Å². The van der Waals surface area contributed by atoms with Gasteiger partial charge in [-0.25, -0.2) is 4.98 Å². The molecule has 2 amide bonds. The number of aryl methyl sites for hydroxylation is 1. The largest absolute Gasteiger partial charge is 0.349 e. The van der Waals surface area contributed by atoms with Crippen molar-refractivity contribution in [1.29, 1.82) is 0 Å². The van der Waals surface area contributed by atoms with Crippen molar-refractivity contribution in [2.24, 2.45) is 13.0 Å². The molecular formula is C21H22N4O2. The number of carbonyl (C=O) groups is 2. The number of imidazole rings is 1. The SMILES string of the molecule is Cn1c(CNC(=O)C2CC(=O)N(Cc3ccccc3)C2)nc2ccccc21. The molecule has 2 aromatic carbocycles. The zero-order valence-corrected chi connectivity index (χ0v) is 15.3. The predicted molar refractivity (Wildman–Crippen MR) is 103 cm³/mol. The van der Waals surface area contributed by atoms with E-state index in [1.165, 1.54) is 0 Å². The van der Waals surface area contributed by atoms with Crippen LogP contribution in [0.2, 0.25) is 0 Å². The van der Waals surface area contributed by atoms with Gasteiger partial charge in [-0.1, -0.05) is 42.5 Å². The van der Waals surface area contributed by atoms with Crippen LogP contribution in [-0.4, -0.2) is 32.8 Å². The van der Waals surface area contributed by atoms with E-state index in [2.05, 4.69) is 10.3 Å². The van der Waals surface area contributed by atoms with Gasteiger partial charge in [-0.3, -0.25) is 9.59 Å². The maximum atomic E-state index is 12.6. The zero-order valence-electron chi connectivity index (χ0n) is 15.3. The molecule has 1 saturated heterocycles. The van der Waals surface area contributed by atoms with Crippen LogP contribution < -0.4 is 5.32 Å². The van der Waals surface area contributed by atoms with Crippen molar-refractivity contribution in [3.63, 3.8) is 0 Å². The summed E-state index contributed by atoms with van der Waals surface area (Å²) in [5.74, 6) is 0.429. The van der Waals surface area contributed by atoms with Crippen LogP contribution in [0.1, 0.15) is 17.8 Å². The van der Waals surface area contributed by atoms with Crippen molar-refractivity contribution < 1.29 is 9.59 Å². The molecule has 0 saturated carbocycles. The van der Waals surface area contributed by atoms with E-state index in [9.17, 15) is 9.59 Å². The normalized spacial score (nSPS) is 16.9. The van der Waals surface area contributed by atoms with Crippen LogP contribution in [0.3, 0.4) is 0 Å². The Labute approximate surface area is 157 Å². The molecule has 3 aromatic rings. The summed E-state index contributed by atoms with van der Waals surface area (Å²) in [6, 6.07) is 17.7. The Morgan fingerprint density at radius 2 is 1.89 bits per heavy atom. The van der Waals surface area contributed by atoms with Gasteiger partial charge in [0.05, 0.1) is 23.5 Å². The fourth-order valence-electron chi connectivity index (χ4n) is 3.57. The summed E-state index contributed by atoms with van der Waals surface area (Å²) in [5, 5.41) is 2.95. The molecule has 27 heavy (non-hydrogen) atoms. The first kappa shape index (κ1) is 17.3. The van der Waals surface area contributed by atoms with Crippen LogP contribution in [0.5, 0.6) is 0 Å². The number of carbonyl (C=O) groups excluding carboxylic acids is 2. The molecule has 1 aromatic heterocycles. The quantitative estimate of drug-likeness (QED) is 0.757. The number of hydrogen-bond acceptors (Lipinski definition) is 3. The lowest BCUT2D eigenvalue weighted by Gasteiger charge is -2.16. The van der Waals surface area contributed by atoms with E-state index < -0.39 is 0 Å². The number of likely N-dealkylation sites (tertiary alicyclic amines) is 1. The minimum Gasteiger partial charge on any atom is -0.349 e. The van der Waals surface area contributed by atoms with Gasteiger partial charge in [0, 0.05) is 26.6 Å². The van der Waals surface area contributed by atoms with Gasteiger partial charge in [-0.2, -0.15) is 0 Å². The van der Waals surface area contributed by atoms with E-state index in [0.29, 0.717) is 19.6 Å². The summed E-state index contributed by atoms with van der Waals surface area (Å²) >= 11 is 0. The fraction of sp³-hybridized carbons (Fsp3) is 0.286. The highest BCUT2D eigenvalue weighted by atomic mass is 16.2. The second-order valence-electron chi connectivity index (χ2n) is 6.95. The van der Waals surface area contributed by atoms with Gasteiger partial charge in [0.15, 0.2) is 0 Å². The summed E-state index contributed by atoms with van der Waals surface area (Å²) in [7, 11) is 1.94. The molecule has 1 unspecified atom stereocenters. The highest BCUT2D eigenvalue weighted by Gasteiger charge is 2.34. The van der Waals surface area contributed by atoms with E-state index in [1.807, 2.05) is 66.2 Å². The molecule has 1 fully saturated rings. The second-order valence-corrected chi connectivity index (χ2v) is 6.95. The Kier molecular flexibility index (Phi) is 4.62. The van der Waals surface area contributed by atoms with Crippen molar-refractivity contribution in [3.05, 3.63) is 66.0 Å². The number of aromatic nitrogens is 2. The number of hydrogen-bond donors (Lipinski definition) is 1. The molecule has 1 N–H and O–H groups in total. The van der Waals surface area contributed by atoms with Crippen LogP contribution in [-0.2, 0) is 29.7 Å². The van der Waals surface area contributed by atoms with E-state index in [4.69, 9.17) is 0 Å². The number of nitrogens with zero attached hydrogens (tertiary/aromatic N) is 3. The summed E-state index contributed by atoms with van der Waals surface area (Å²) < 4.78 is 1.98. The third kappa shape index (κ3) is 3.56. The minimum atomic E-state index is -0.309. The molecule has 4 rings (SSSR count). The molecule has 0 bridgehead atoms. The van der Waals surface area contributed by atoms with Gasteiger partial charge in [-0.15, -0.1) is 0 Å². The van der Waals surface area contributed by atoms with Gasteiger partial charge < -0.3 is 14.8 Å². The Morgan fingerprint density at radius 3 is 2.67 bits per heavy atom. The van der Waals surface area contributed by atoms with Crippen molar-refractivity contribution in [3.8, 4) is 0 Å². The van der Waals surface area contributed by atoms with Crippen LogP contribution in [0.25, 0.3) is 11.0 Å². The standard InChI is InChI=1S/C21H22N4O2/c1-24-18-10-6-5-9-17(18)23-19(24)12-22-21(27)16-11-20(26)25(14-16)13-15-7-3-2-4-8-15/h2-10,16H,11-14H2,1H3,(H,22,27). The monoisotopic (exact) mass is 362 g/mol. The first-order valence-electron chi connectivity index (χ1n) is 9.11. The molecule has 1 aliphatic heterocycles. The second kappa shape index (κ2) is 7.23. The molecule has 1 atom stereocenters. The summed E-state index contributed by atoms with van der Waals surface area (Å²) in [4.78, 5) is 31.2. The molecule has 0 radical (unpaired) electrons. The minimum absolute atomic E-state index is 0.0294. The van der Waals surface area contributed by atoms with Gasteiger partial charge in [0.25, 0.3) is 0 Å². The van der Waals surface area contributed by atoms with Gasteiger partial charge >= 0.3 is 0 Å². The van der Waals surface area contributed by atoms with E-state index in [-0.39, 0.29) is 24.2 Å². The lowest BCUT2D eigenvalue weighted by atomic mass is 10.1. The topological polar surface area (TPSA) is 67.2 Å². The Hall–Kier alpha value is -3.15.